The third-order valence-electron chi connectivity index (χ3n) is 3.41. The highest BCUT2D eigenvalue weighted by molar-refractivity contribution is 6.31. The maximum atomic E-state index is 10.2. The van der Waals surface area contributed by atoms with Crippen molar-refractivity contribution in [1.29, 1.82) is 0 Å². The molecule has 17 heavy (non-hydrogen) atoms. The molecule has 0 bridgehead atoms. The molecule has 0 radical (unpaired) electrons. The molecule has 0 aromatic heterocycles. The number of hydrogen-bond acceptors (Lipinski definition) is 3. The number of aromatic hydroxyl groups is 1. The van der Waals surface area contributed by atoms with Crippen molar-refractivity contribution < 1.29 is 5.11 Å². The van der Waals surface area contributed by atoms with Crippen LogP contribution in [-0.4, -0.2) is 36.2 Å². The first-order valence-electron chi connectivity index (χ1n) is 6.00. The molecule has 1 aromatic carbocycles. The number of aryl methyl sites for hydroxylation is 1. The average Bonchev–Trinajstić information content (AvgIpc) is 2.33. The Kier molecular flexibility index (Phi) is 3.92. The SMILES string of the molecule is Cc1cc(Cl)c(C)c(O)c1CN1CCNCC1. The summed E-state index contributed by atoms with van der Waals surface area (Å²) in [6.07, 6.45) is 0. The summed E-state index contributed by atoms with van der Waals surface area (Å²) in [5.74, 6) is 0.355. The number of benzene rings is 1. The predicted octanol–water partition coefficient (Wildman–Crippen LogP) is 2.07. The van der Waals surface area contributed by atoms with Crippen LogP contribution in [0.15, 0.2) is 6.07 Å². The van der Waals surface area contributed by atoms with E-state index in [9.17, 15) is 5.11 Å². The normalized spacial score (nSPS) is 17.4. The van der Waals surface area contributed by atoms with E-state index in [1.165, 1.54) is 0 Å². The fourth-order valence-corrected chi connectivity index (χ4v) is 2.46. The van der Waals surface area contributed by atoms with Crippen molar-refractivity contribution in [2.24, 2.45) is 0 Å². The molecule has 0 spiro atoms. The fourth-order valence-electron chi connectivity index (χ4n) is 2.20. The minimum Gasteiger partial charge on any atom is -0.507 e. The number of rotatable bonds is 2. The molecule has 1 aromatic rings. The molecule has 0 amide bonds. The molecule has 0 unspecified atom stereocenters. The van der Waals surface area contributed by atoms with E-state index < -0.39 is 0 Å². The van der Waals surface area contributed by atoms with Crippen LogP contribution in [0.25, 0.3) is 0 Å². The number of phenols is 1. The molecule has 1 saturated heterocycles. The van der Waals surface area contributed by atoms with Gasteiger partial charge in [0, 0.05) is 48.9 Å². The fraction of sp³-hybridized carbons (Fsp3) is 0.538. The van der Waals surface area contributed by atoms with Crippen molar-refractivity contribution in [2.45, 2.75) is 20.4 Å². The van der Waals surface area contributed by atoms with Crippen molar-refractivity contribution >= 4 is 11.6 Å². The van der Waals surface area contributed by atoms with Crippen LogP contribution < -0.4 is 5.32 Å². The smallest absolute Gasteiger partial charge is 0.124 e. The topological polar surface area (TPSA) is 35.5 Å². The molecular weight excluding hydrogens is 236 g/mol. The van der Waals surface area contributed by atoms with Gasteiger partial charge in [-0.15, -0.1) is 0 Å². The quantitative estimate of drug-likeness (QED) is 0.848. The average molecular weight is 255 g/mol. The zero-order valence-electron chi connectivity index (χ0n) is 10.4. The van der Waals surface area contributed by atoms with Gasteiger partial charge in [0.2, 0.25) is 0 Å². The highest BCUT2D eigenvalue weighted by Gasteiger charge is 2.16. The highest BCUT2D eigenvalue weighted by atomic mass is 35.5. The lowest BCUT2D eigenvalue weighted by atomic mass is 10.0. The third kappa shape index (κ3) is 2.73. The summed E-state index contributed by atoms with van der Waals surface area (Å²) in [5, 5.41) is 14.1. The molecule has 4 heteroatoms. The van der Waals surface area contributed by atoms with Gasteiger partial charge in [-0.3, -0.25) is 4.90 Å². The Morgan fingerprint density at radius 1 is 1.35 bits per heavy atom. The Balaban J connectivity index is 2.22. The van der Waals surface area contributed by atoms with Gasteiger partial charge in [-0.1, -0.05) is 11.6 Å². The zero-order chi connectivity index (χ0) is 12.4. The van der Waals surface area contributed by atoms with Gasteiger partial charge < -0.3 is 10.4 Å². The van der Waals surface area contributed by atoms with E-state index in [0.29, 0.717) is 10.8 Å². The number of halogens is 1. The number of phenolic OH excluding ortho intramolecular Hbond substituents is 1. The Labute approximate surface area is 107 Å². The number of hydrogen-bond donors (Lipinski definition) is 2. The molecule has 1 fully saturated rings. The van der Waals surface area contributed by atoms with Crippen molar-refractivity contribution in [1.82, 2.24) is 10.2 Å². The monoisotopic (exact) mass is 254 g/mol. The van der Waals surface area contributed by atoms with Crippen LogP contribution in [0.3, 0.4) is 0 Å². The summed E-state index contributed by atoms with van der Waals surface area (Å²) >= 11 is 6.05. The third-order valence-corrected chi connectivity index (χ3v) is 3.80. The second-order valence-corrected chi connectivity index (χ2v) is 5.06. The molecule has 1 heterocycles. The van der Waals surface area contributed by atoms with Gasteiger partial charge in [-0.05, 0) is 25.5 Å². The van der Waals surface area contributed by atoms with E-state index >= 15 is 0 Å². The predicted molar refractivity (Wildman–Crippen MR) is 70.7 cm³/mol. The summed E-state index contributed by atoms with van der Waals surface area (Å²) in [4.78, 5) is 2.35. The van der Waals surface area contributed by atoms with Gasteiger partial charge in [0.1, 0.15) is 5.75 Å². The van der Waals surface area contributed by atoms with E-state index in [1.807, 2.05) is 19.9 Å². The largest absolute Gasteiger partial charge is 0.507 e. The van der Waals surface area contributed by atoms with E-state index in [1.54, 1.807) is 0 Å². The van der Waals surface area contributed by atoms with Crippen molar-refractivity contribution in [3.05, 3.63) is 27.8 Å². The molecule has 94 valence electrons. The van der Waals surface area contributed by atoms with Crippen LogP contribution in [0.2, 0.25) is 5.02 Å². The van der Waals surface area contributed by atoms with E-state index in [0.717, 1.165) is 49.4 Å². The number of nitrogens with zero attached hydrogens (tertiary/aromatic N) is 1. The van der Waals surface area contributed by atoms with Gasteiger partial charge in [-0.2, -0.15) is 0 Å². The van der Waals surface area contributed by atoms with Crippen molar-refractivity contribution in [3.63, 3.8) is 0 Å². The number of piperazine rings is 1. The van der Waals surface area contributed by atoms with Crippen LogP contribution in [-0.2, 0) is 6.54 Å². The van der Waals surface area contributed by atoms with Crippen LogP contribution in [0.4, 0.5) is 0 Å². The summed E-state index contributed by atoms with van der Waals surface area (Å²) in [7, 11) is 0. The molecule has 1 aliphatic rings. The first kappa shape index (κ1) is 12.7. The Morgan fingerprint density at radius 3 is 2.65 bits per heavy atom. The molecule has 2 N–H and O–H groups in total. The van der Waals surface area contributed by atoms with Gasteiger partial charge in [0.05, 0.1) is 0 Å². The highest BCUT2D eigenvalue weighted by Crippen LogP contribution is 2.32. The van der Waals surface area contributed by atoms with E-state index in [2.05, 4.69) is 10.2 Å². The van der Waals surface area contributed by atoms with Crippen LogP contribution in [0, 0.1) is 13.8 Å². The van der Waals surface area contributed by atoms with Crippen LogP contribution in [0.1, 0.15) is 16.7 Å². The van der Waals surface area contributed by atoms with Gasteiger partial charge in [-0.25, -0.2) is 0 Å². The molecule has 0 saturated carbocycles. The molecule has 3 nitrogen and oxygen atoms in total. The zero-order valence-corrected chi connectivity index (χ0v) is 11.1. The van der Waals surface area contributed by atoms with Crippen LogP contribution in [0.5, 0.6) is 5.75 Å². The summed E-state index contributed by atoms with van der Waals surface area (Å²) < 4.78 is 0. The Hall–Kier alpha value is -0.770. The van der Waals surface area contributed by atoms with Crippen LogP contribution >= 0.6 is 11.6 Å². The minimum atomic E-state index is 0.355. The van der Waals surface area contributed by atoms with Gasteiger partial charge in [0.25, 0.3) is 0 Å². The molecule has 1 aliphatic heterocycles. The first-order valence-corrected chi connectivity index (χ1v) is 6.38. The second kappa shape index (κ2) is 5.25. The van der Waals surface area contributed by atoms with Gasteiger partial charge >= 0.3 is 0 Å². The standard InChI is InChI=1S/C13H19ClN2O/c1-9-7-12(14)10(2)13(17)11(9)8-16-5-3-15-4-6-16/h7,15,17H,3-6,8H2,1-2H3. The van der Waals surface area contributed by atoms with E-state index in [4.69, 9.17) is 11.6 Å². The molecule has 0 aliphatic carbocycles. The van der Waals surface area contributed by atoms with Crippen molar-refractivity contribution in [3.8, 4) is 5.75 Å². The van der Waals surface area contributed by atoms with E-state index in [-0.39, 0.29) is 0 Å². The van der Waals surface area contributed by atoms with Gasteiger partial charge in [0.15, 0.2) is 0 Å². The molecular formula is C13H19ClN2O. The lowest BCUT2D eigenvalue weighted by molar-refractivity contribution is 0.230. The first-order chi connectivity index (χ1) is 8.09. The summed E-state index contributed by atoms with van der Waals surface area (Å²) in [5.41, 5.74) is 2.85. The minimum absolute atomic E-state index is 0.355. The van der Waals surface area contributed by atoms with Crippen molar-refractivity contribution in [2.75, 3.05) is 26.2 Å². The molecule has 2 rings (SSSR count). The Morgan fingerprint density at radius 2 is 2.00 bits per heavy atom. The summed E-state index contributed by atoms with van der Waals surface area (Å²) in [6.45, 7) is 8.76. The maximum Gasteiger partial charge on any atom is 0.124 e. The Bertz CT molecular complexity index is 414. The second-order valence-electron chi connectivity index (χ2n) is 4.65. The molecule has 0 atom stereocenters. The summed E-state index contributed by atoms with van der Waals surface area (Å²) in [6, 6.07) is 1.94. The number of nitrogens with one attached hydrogen (secondary N) is 1. The lowest BCUT2D eigenvalue weighted by Crippen LogP contribution is -2.43. The lowest BCUT2D eigenvalue weighted by Gasteiger charge is -2.28. The maximum absolute atomic E-state index is 10.2.